The molecule has 0 saturated carbocycles. The molecule has 0 aromatic carbocycles. The van der Waals surface area contributed by atoms with Crippen LogP contribution in [0.3, 0.4) is 0 Å². The third-order valence-electron chi connectivity index (χ3n) is 3.46. The third kappa shape index (κ3) is 2.86. The van der Waals surface area contributed by atoms with Crippen LogP contribution in [0.25, 0.3) is 0 Å². The van der Waals surface area contributed by atoms with Crippen molar-refractivity contribution in [1.82, 2.24) is 10.3 Å². The maximum absolute atomic E-state index is 4.55. The third-order valence-corrected chi connectivity index (χ3v) is 3.46. The Balaban J connectivity index is 2.08. The molecule has 92 valence electrons. The van der Waals surface area contributed by atoms with Crippen molar-refractivity contribution < 1.29 is 0 Å². The molecular weight excluding hydrogens is 210 g/mol. The van der Waals surface area contributed by atoms with E-state index in [2.05, 4.69) is 47.3 Å². The maximum Gasteiger partial charge on any atom is 0.128 e. The smallest absolute Gasteiger partial charge is 0.128 e. The van der Waals surface area contributed by atoms with Crippen LogP contribution >= 0.6 is 0 Å². The zero-order chi connectivity index (χ0) is 12.3. The molecule has 2 heterocycles. The standard InChI is InChI=1S/C14H21N3/c1-11-6-8-17(9-7-11)14-5-4-13(10-16-14)12(2)15-3/h4-6,10,12,15H,7-9H2,1-3H3. The Morgan fingerprint density at radius 1 is 1.41 bits per heavy atom. The molecule has 1 atom stereocenters. The Morgan fingerprint density at radius 3 is 2.76 bits per heavy atom. The lowest BCUT2D eigenvalue weighted by Gasteiger charge is -2.26. The van der Waals surface area contributed by atoms with Gasteiger partial charge in [-0.3, -0.25) is 0 Å². The van der Waals surface area contributed by atoms with E-state index in [0.717, 1.165) is 25.3 Å². The van der Waals surface area contributed by atoms with Gasteiger partial charge in [-0.25, -0.2) is 4.98 Å². The summed E-state index contributed by atoms with van der Waals surface area (Å²) in [5.74, 6) is 1.08. The van der Waals surface area contributed by atoms with Gasteiger partial charge in [-0.15, -0.1) is 0 Å². The second-order valence-electron chi connectivity index (χ2n) is 4.71. The highest BCUT2D eigenvalue weighted by Gasteiger charge is 2.11. The molecule has 0 bridgehead atoms. The quantitative estimate of drug-likeness (QED) is 0.810. The van der Waals surface area contributed by atoms with Gasteiger partial charge in [0.1, 0.15) is 5.82 Å². The van der Waals surface area contributed by atoms with Gasteiger partial charge in [-0.2, -0.15) is 0 Å². The van der Waals surface area contributed by atoms with E-state index >= 15 is 0 Å². The van der Waals surface area contributed by atoms with Crippen molar-refractivity contribution in [2.75, 3.05) is 25.0 Å². The van der Waals surface area contributed by atoms with Crippen molar-refractivity contribution in [3.05, 3.63) is 35.5 Å². The van der Waals surface area contributed by atoms with Crippen LogP contribution in [-0.4, -0.2) is 25.1 Å². The Kier molecular flexibility index (Phi) is 3.79. The van der Waals surface area contributed by atoms with Crippen LogP contribution < -0.4 is 10.2 Å². The molecule has 1 aromatic heterocycles. The summed E-state index contributed by atoms with van der Waals surface area (Å²) in [5.41, 5.74) is 2.72. The fourth-order valence-corrected chi connectivity index (χ4v) is 1.99. The normalized spacial score (nSPS) is 17.8. The van der Waals surface area contributed by atoms with E-state index in [1.54, 1.807) is 0 Å². The first-order valence-corrected chi connectivity index (χ1v) is 6.24. The summed E-state index contributed by atoms with van der Waals surface area (Å²) in [6.07, 6.45) is 5.41. The van der Waals surface area contributed by atoms with Crippen LogP contribution in [0.5, 0.6) is 0 Å². The first kappa shape index (κ1) is 12.1. The average molecular weight is 231 g/mol. The summed E-state index contributed by atoms with van der Waals surface area (Å²) in [5, 5.41) is 3.22. The lowest BCUT2D eigenvalue weighted by molar-refractivity contribution is 0.649. The van der Waals surface area contributed by atoms with Crippen molar-refractivity contribution in [2.45, 2.75) is 26.3 Å². The molecule has 0 saturated heterocycles. The van der Waals surface area contributed by atoms with Gasteiger partial charge in [0.05, 0.1) is 0 Å². The minimum atomic E-state index is 0.361. The Hall–Kier alpha value is -1.35. The van der Waals surface area contributed by atoms with Gasteiger partial charge in [0.2, 0.25) is 0 Å². The lowest BCUT2D eigenvalue weighted by atomic mass is 10.1. The summed E-state index contributed by atoms with van der Waals surface area (Å²) in [6, 6.07) is 4.65. The highest BCUT2D eigenvalue weighted by atomic mass is 15.2. The Labute approximate surface area is 104 Å². The molecule has 1 unspecified atom stereocenters. The first-order valence-electron chi connectivity index (χ1n) is 6.24. The Morgan fingerprint density at radius 2 is 2.24 bits per heavy atom. The molecule has 1 aliphatic rings. The number of nitrogens with zero attached hydrogens (tertiary/aromatic N) is 2. The van der Waals surface area contributed by atoms with E-state index in [-0.39, 0.29) is 0 Å². The zero-order valence-electron chi connectivity index (χ0n) is 10.9. The summed E-state index contributed by atoms with van der Waals surface area (Å²) >= 11 is 0. The molecule has 0 fully saturated rings. The molecule has 0 aliphatic carbocycles. The first-order chi connectivity index (χ1) is 8.20. The van der Waals surface area contributed by atoms with Crippen molar-refractivity contribution in [3.8, 4) is 0 Å². The fourth-order valence-electron chi connectivity index (χ4n) is 1.99. The molecule has 3 nitrogen and oxygen atoms in total. The number of pyridine rings is 1. The van der Waals surface area contributed by atoms with Gasteiger partial charge < -0.3 is 10.2 Å². The summed E-state index contributed by atoms with van der Waals surface area (Å²) < 4.78 is 0. The van der Waals surface area contributed by atoms with Crippen LogP contribution in [0.1, 0.15) is 31.9 Å². The molecule has 0 spiro atoms. The van der Waals surface area contributed by atoms with E-state index in [1.807, 2.05) is 13.2 Å². The zero-order valence-corrected chi connectivity index (χ0v) is 10.9. The van der Waals surface area contributed by atoms with E-state index in [9.17, 15) is 0 Å². The predicted molar refractivity (Wildman–Crippen MR) is 72.3 cm³/mol. The van der Waals surface area contributed by atoms with Crippen molar-refractivity contribution in [3.63, 3.8) is 0 Å². The lowest BCUT2D eigenvalue weighted by Crippen LogP contribution is -2.28. The van der Waals surface area contributed by atoms with Gasteiger partial charge in [0, 0.05) is 25.3 Å². The van der Waals surface area contributed by atoms with Crippen molar-refractivity contribution in [1.29, 1.82) is 0 Å². The van der Waals surface area contributed by atoms with Crippen LogP contribution in [-0.2, 0) is 0 Å². The molecule has 3 heteroatoms. The number of rotatable bonds is 3. The van der Waals surface area contributed by atoms with E-state index in [4.69, 9.17) is 0 Å². The van der Waals surface area contributed by atoms with E-state index < -0.39 is 0 Å². The highest BCUT2D eigenvalue weighted by Crippen LogP contribution is 2.19. The number of nitrogens with one attached hydrogen (secondary N) is 1. The summed E-state index contributed by atoms with van der Waals surface area (Å²) in [6.45, 7) is 6.40. The SMILES string of the molecule is CNC(C)c1ccc(N2CC=C(C)CC2)nc1. The number of aromatic nitrogens is 1. The second-order valence-corrected chi connectivity index (χ2v) is 4.71. The summed E-state index contributed by atoms with van der Waals surface area (Å²) in [4.78, 5) is 6.87. The predicted octanol–water partition coefficient (Wildman–Crippen LogP) is 2.52. The molecule has 17 heavy (non-hydrogen) atoms. The van der Waals surface area contributed by atoms with Crippen LogP contribution in [0, 0.1) is 0 Å². The minimum Gasteiger partial charge on any atom is -0.353 e. The van der Waals surface area contributed by atoms with Crippen LogP contribution in [0.4, 0.5) is 5.82 Å². The van der Waals surface area contributed by atoms with Crippen LogP contribution in [0.15, 0.2) is 30.0 Å². The van der Waals surface area contributed by atoms with E-state index in [1.165, 1.54) is 11.1 Å². The van der Waals surface area contributed by atoms with Crippen LogP contribution in [0.2, 0.25) is 0 Å². The largest absolute Gasteiger partial charge is 0.353 e. The van der Waals surface area contributed by atoms with Gasteiger partial charge >= 0.3 is 0 Å². The molecule has 2 rings (SSSR count). The number of anilines is 1. The van der Waals surface area contributed by atoms with E-state index in [0.29, 0.717) is 6.04 Å². The maximum atomic E-state index is 4.55. The minimum absolute atomic E-state index is 0.361. The number of hydrogen-bond donors (Lipinski definition) is 1. The van der Waals surface area contributed by atoms with Gasteiger partial charge in [-0.1, -0.05) is 17.7 Å². The molecule has 0 amide bonds. The Bertz CT molecular complexity index is 394. The molecular formula is C14H21N3. The monoisotopic (exact) mass is 231 g/mol. The van der Waals surface area contributed by atoms with Crippen molar-refractivity contribution >= 4 is 5.82 Å². The topological polar surface area (TPSA) is 28.2 Å². The molecule has 0 radical (unpaired) electrons. The van der Waals surface area contributed by atoms with Gasteiger partial charge in [-0.05, 0) is 38.9 Å². The highest BCUT2D eigenvalue weighted by molar-refractivity contribution is 5.42. The molecule has 1 N–H and O–H groups in total. The molecule has 1 aliphatic heterocycles. The average Bonchev–Trinajstić information content (AvgIpc) is 2.39. The fraction of sp³-hybridized carbons (Fsp3) is 0.500. The van der Waals surface area contributed by atoms with Gasteiger partial charge in [0.25, 0.3) is 0 Å². The van der Waals surface area contributed by atoms with Gasteiger partial charge in [0.15, 0.2) is 0 Å². The molecule has 1 aromatic rings. The summed E-state index contributed by atoms with van der Waals surface area (Å²) in [7, 11) is 1.97. The number of hydrogen-bond acceptors (Lipinski definition) is 3. The van der Waals surface area contributed by atoms with Crippen molar-refractivity contribution in [2.24, 2.45) is 0 Å². The second kappa shape index (κ2) is 5.32.